The minimum Gasteiger partial charge on any atom is -0.279 e. The average molecular weight is 450 g/mol. The monoisotopic (exact) mass is 449 g/mol. The maximum Gasteiger partial charge on any atom is 0.181 e. The van der Waals surface area contributed by atoms with E-state index >= 15 is 0 Å². The van der Waals surface area contributed by atoms with Crippen LogP contribution in [-0.4, -0.2) is 31.1 Å². The number of aromatic amines is 1. The molecule has 1 N–H and O–H groups in total. The molecule has 4 aromatic rings. The van der Waals surface area contributed by atoms with Gasteiger partial charge in [0.2, 0.25) is 0 Å². The molecule has 0 spiro atoms. The fraction of sp³-hybridized carbons (Fsp3) is 0.500. The van der Waals surface area contributed by atoms with E-state index in [4.69, 9.17) is 0 Å². The van der Waals surface area contributed by atoms with Crippen molar-refractivity contribution in [2.24, 2.45) is 0 Å². The van der Waals surface area contributed by atoms with Crippen molar-refractivity contribution < 1.29 is 0 Å². The largest absolute Gasteiger partial charge is 0.279 e. The summed E-state index contributed by atoms with van der Waals surface area (Å²) >= 11 is 1.71. The molecule has 0 saturated carbocycles. The normalized spacial score (nSPS) is 13.4. The van der Waals surface area contributed by atoms with Crippen molar-refractivity contribution in [2.45, 2.75) is 82.4 Å². The fourth-order valence-corrected chi connectivity index (χ4v) is 4.78. The van der Waals surface area contributed by atoms with Crippen LogP contribution in [0, 0.1) is 0 Å². The van der Waals surface area contributed by atoms with Gasteiger partial charge in [-0.25, -0.2) is 9.50 Å². The highest BCUT2D eigenvalue weighted by Crippen LogP contribution is 2.38. The molecule has 0 aliphatic carbocycles. The van der Waals surface area contributed by atoms with Crippen molar-refractivity contribution in [1.29, 1.82) is 0 Å². The van der Waals surface area contributed by atoms with Crippen LogP contribution < -0.4 is 0 Å². The summed E-state index contributed by atoms with van der Waals surface area (Å²) in [6, 6.07) is 6.76. The summed E-state index contributed by atoms with van der Waals surface area (Å²) in [6.45, 7) is 16.0. The molecule has 0 aliphatic rings. The van der Waals surface area contributed by atoms with Gasteiger partial charge in [0.15, 0.2) is 5.65 Å². The predicted octanol–water partition coefficient (Wildman–Crippen LogP) is 6.66. The number of pyridine rings is 2. The minimum atomic E-state index is -0.0397. The molecule has 0 unspecified atom stereocenters. The van der Waals surface area contributed by atoms with Crippen LogP contribution in [0.25, 0.3) is 16.6 Å². The molecule has 170 valence electrons. The zero-order valence-electron chi connectivity index (χ0n) is 20.6. The number of H-pyrrole nitrogens is 1. The van der Waals surface area contributed by atoms with Crippen LogP contribution in [0.1, 0.15) is 78.1 Å². The highest BCUT2D eigenvalue weighted by atomic mass is 32.2. The lowest BCUT2D eigenvalue weighted by Crippen LogP contribution is -2.25. The third-order valence-corrected chi connectivity index (χ3v) is 7.48. The first-order valence-electron chi connectivity index (χ1n) is 11.3. The Morgan fingerprint density at radius 3 is 2.38 bits per heavy atom. The second-order valence-corrected chi connectivity index (χ2v) is 12.0. The smallest absolute Gasteiger partial charge is 0.181 e. The van der Waals surface area contributed by atoms with Gasteiger partial charge in [0.05, 0.1) is 17.4 Å². The molecule has 0 saturated heterocycles. The Morgan fingerprint density at radius 2 is 1.69 bits per heavy atom. The van der Waals surface area contributed by atoms with E-state index in [2.05, 4.69) is 99.4 Å². The van der Waals surface area contributed by atoms with E-state index in [1.54, 1.807) is 11.8 Å². The molecular formula is C26H35N5S. The molecule has 0 aliphatic heterocycles. The molecule has 0 atom stereocenters. The van der Waals surface area contributed by atoms with Crippen LogP contribution in [0.15, 0.2) is 41.7 Å². The van der Waals surface area contributed by atoms with E-state index in [-0.39, 0.29) is 16.2 Å². The molecule has 32 heavy (non-hydrogen) atoms. The number of hydrogen-bond acceptors (Lipinski definition) is 4. The van der Waals surface area contributed by atoms with Gasteiger partial charge in [-0.3, -0.25) is 5.10 Å². The standard InChI is InChI=1S/C26H35N5S/c1-24(2,3)20-16-28-31-12-9-17(13-21(20)31)25(4,5)10-11-26(6,7)22-19-14-18(32-8)15-27-23(19)30-29-22/h9,12-16H,10-11H2,1-8H3,(H,27,29,30). The van der Waals surface area contributed by atoms with Crippen molar-refractivity contribution in [1.82, 2.24) is 24.8 Å². The third-order valence-electron chi connectivity index (χ3n) is 6.78. The van der Waals surface area contributed by atoms with Crippen molar-refractivity contribution >= 4 is 28.3 Å². The van der Waals surface area contributed by atoms with Gasteiger partial charge in [0.25, 0.3) is 0 Å². The molecule has 0 amide bonds. The van der Waals surface area contributed by atoms with E-state index in [0.29, 0.717) is 0 Å². The topological polar surface area (TPSA) is 58.9 Å². The Kier molecular flexibility index (Phi) is 5.64. The van der Waals surface area contributed by atoms with Crippen LogP contribution in [0.2, 0.25) is 0 Å². The van der Waals surface area contributed by atoms with E-state index < -0.39 is 0 Å². The van der Waals surface area contributed by atoms with Crippen molar-refractivity contribution in [3.8, 4) is 0 Å². The summed E-state index contributed by atoms with van der Waals surface area (Å²) in [4.78, 5) is 5.69. The van der Waals surface area contributed by atoms with Crippen LogP contribution in [0.3, 0.4) is 0 Å². The van der Waals surface area contributed by atoms with Crippen molar-refractivity contribution in [3.05, 3.63) is 53.6 Å². The SMILES string of the molecule is CSc1cnc2n[nH]c(C(C)(C)CCC(C)(C)c3ccn4ncc(C(C)(C)C)c4c3)c2c1. The summed E-state index contributed by atoms with van der Waals surface area (Å²) in [5.74, 6) is 0. The quantitative estimate of drug-likeness (QED) is 0.334. The molecule has 4 aromatic heterocycles. The molecular weight excluding hydrogens is 414 g/mol. The second-order valence-electron chi connectivity index (χ2n) is 11.2. The molecule has 0 bridgehead atoms. The second kappa shape index (κ2) is 7.91. The van der Waals surface area contributed by atoms with Gasteiger partial charge in [-0.1, -0.05) is 48.5 Å². The highest BCUT2D eigenvalue weighted by Gasteiger charge is 2.30. The lowest BCUT2D eigenvalue weighted by atomic mass is 9.73. The first kappa shape index (κ1) is 22.8. The van der Waals surface area contributed by atoms with Crippen LogP contribution >= 0.6 is 11.8 Å². The summed E-state index contributed by atoms with van der Waals surface area (Å²) in [7, 11) is 0. The van der Waals surface area contributed by atoms with Gasteiger partial charge in [0, 0.05) is 33.7 Å². The number of rotatable bonds is 6. The molecule has 4 heterocycles. The Labute approximate surface area is 195 Å². The maximum atomic E-state index is 4.57. The Balaban J connectivity index is 1.61. The minimum absolute atomic E-state index is 0.0386. The Bertz CT molecular complexity index is 1260. The number of hydrogen-bond donors (Lipinski definition) is 1. The molecule has 0 aromatic carbocycles. The van der Waals surface area contributed by atoms with Crippen LogP contribution in [0.4, 0.5) is 0 Å². The van der Waals surface area contributed by atoms with E-state index in [1.807, 2.05) is 16.9 Å². The van der Waals surface area contributed by atoms with Gasteiger partial charge in [-0.2, -0.15) is 10.2 Å². The summed E-state index contributed by atoms with van der Waals surface area (Å²) < 4.78 is 2.00. The number of nitrogens with zero attached hydrogens (tertiary/aromatic N) is 4. The number of nitrogens with one attached hydrogen (secondary N) is 1. The number of fused-ring (bicyclic) bond motifs is 2. The van der Waals surface area contributed by atoms with Gasteiger partial charge >= 0.3 is 0 Å². The fourth-order valence-electron chi connectivity index (χ4n) is 4.38. The zero-order valence-corrected chi connectivity index (χ0v) is 21.4. The summed E-state index contributed by atoms with van der Waals surface area (Å²) in [5.41, 5.74) is 5.89. The highest BCUT2D eigenvalue weighted by molar-refractivity contribution is 7.98. The Morgan fingerprint density at radius 1 is 0.969 bits per heavy atom. The lowest BCUT2D eigenvalue weighted by Gasteiger charge is -2.31. The third kappa shape index (κ3) is 4.17. The van der Waals surface area contributed by atoms with Crippen molar-refractivity contribution in [2.75, 3.05) is 6.26 Å². The van der Waals surface area contributed by atoms with Crippen LogP contribution in [-0.2, 0) is 16.2 Å². The van der Waals surface area contributed by atoms with E-state index in [9.17, 15) is 0 Å². The van der Waals surface area contributed by atoms with Crippen LogP contribution in [0.5, 0.6) is 0 Å². The predicted molar refractivity (Wildman–Crippen MR) is 135 cm³/mol. The zero-order chi connectivity index (χ0) is 23.3. The molecule has 0 fully saturated rings. The number of thioether (sulfide) groups is 1. The first-order chi connectivity index (χ1) is 14.9. The molecule has 6 heteroatoms. The molecule has 5 nitrogen and oxygen atoms in total. The van der Waals surface area contributed by atoms with E-state index in [1.165, 1.54) is 27.2 Å². The van der Waals surface area contributed by atoms with Gasteiger partial charge < -0.3 is 0 Å². The van der Waals surface area contributed by atoms with Gasteiger partial charge in [-0.05, 0) is 53.7 Å². The van der Waals surface area contributed by atoms with Gasteiger partial charge in [-0.15, -0.1) is 11.8 Å². The maximum absolute atomic E-state index is 4.57. The average Bonchev–Trinajstić information content (AvgIpc) is 3.35. The molecule has 0 radical (unpaired) electrons. The van der Waals surface area contributed by atoms with E-state index in [0.717, 1.165) is 23.9 Å². The first-order valence-corrected chi connectivity index (χ1v) is 12.5. The summed E-state index contributed by atoms with van der Waals surface area (Å²) in [5, 5.41) is 13.5. The lowest BCUT2D eigenvalue weighted by molar-refractivity contribution is 0.370. The summed E-state index contributed by atoms with van der Waals surface area (Å²) in [6.07, 6.45) is 10.2. The van der Waals surface area contributed by atoms with Crippen molar-refractivity contribution in [3.63, 3.8) is 0 Å². The Hall–Kier alpha value is -2.34. The number of aromatic nitrogens is 5. The van der Waals surface area contributed by atoms with Gasteiger partial charge in [0.1, 0.15) is 0 Å². The molecule has 4 rings (SSSR count).